The molecule has 9 heteroatoms. The summed E-state index contributed by atoms with van der Waals surface area (Å²) in [6.45, 7) is 2.12. The number of likely N-dealkylation sites (N-methyl/N-ethyl adjacent to an activating group) is 1. The number of aromatic amines is 1. The second-order valence-electron chi connectivity index (χ2n) is 8.23. The summed E-state index contributed by atoms with van der Waals surface area (Å²) in [5.74, 6) is 0.296. The Bertz CT molecular complexity index is 1160. The molecule has 3 rings (SSSR count). The number of rotatable bonds is 12. The van der Waals surface area contributed by atoms with Gasteiger partial charge in [-0.1, -0.05) is 36.8 Å². The van der Waals surface area contributed by atoms with Gasteiger partial charge in [0.05, 0.1) is 23.7 Å². The fraction of sp³-hybridized carbons (Fsp3) is 0.360. The average Bonchev–Trinajstić information content (AvgIpc) is 3.32. The number of unbranched alkanes of at least 4 members (excludes halogenated alkanes) is 2. The van der Waals surface area contributed by atoms with Crippen molar-refractivity contribution in [2.75, 3.05) is 20.7 Å². The van der Waals surface area contributed by atoms with Crippen LogP contribution >= 0.6 is 0 Å². The Labute approximate surface area is 201 Å². The van der Waals surface area contributed by atoms with E-state index < -0.39 is 16.1 Å². The van der Waals surface area contributed by atoms with E-state index in [0.29, 0.717) is 12.3 Å². The van der Waals surface area contributed by atoms with Crippen molar-refractivity contribution in [2.24, 2.45) is 0 Å². The minimum absolute atomic E-state index is 0.0878. The molecule has 1 atom stereocenters. The van der Waals surface area contributed by atoms with Crippen molar-refractivity contribution in [3.05, 3.63) is 66.4 Å². The molecule has 1 amide bonds. The Morgan fingerprint density at radius 2 is 1.79 bits per heavy atom. The van der Waals surface area contributed by atoms with Gasteiger partial charge in [-0.05, 0) is 56.5 Å². The van der Waals surface area contributed by atoms with Crippen molar-refractivity contribution in [1.29, 1.82) is 0 Å². The van der Waals surface area contributed by atoms with E-state index in [1.165, 1.54) is 19.2 Å². The molecule has 0 aliphatic heterocycles. The first kappa shape index (κ1) is 25.5. The molecular formula is C25H32N4O4S. The van der Waals surface area contributed by atoms with E-state index in [1.54, 1.807) is 31.0 Å². The number of methoxy groups -OCH3 is 1. The molecule has 1 heterocycles. The number of carbonyl (C=O) groups is 1. The van der Waals surface area contributed by atoms with Crippen LogP contribution < -0.4 is 9.46 Å². The van der Waals surface area contributed by atoms with Crippen LogP contribution in [-0.4, -0.2) is 56.2 Å². The van der Waals surface area contributed by atoms with E-state index in [0.717, 1.165) is 42.6 Å². The zero-order valence-electron chi connectivity index (χ0n) is 19.8. The summed E-state index contributed by atoms with van der Waals surface area (Å²) in [6, 6.07) is 17.3. The van der Waals surface area contributed by atoms with Crippen LogP contribution in [0.1, 0.15) is 31.9 Å². The number of nitrogens with zero attached hydrogens (tertiary/aromatic N) is 2. The lowest BCUT2D eigenvalue weighted by Gasteiger charge is -2.22. The first-order valence-corrected chi connectivity index (χ1v) is 12.8. The first-order chi connectivity index (χ1) is 16.3. The van der Waals surface area contributed by atoms with Crippen LogP contribution in [0.3, 0.4) is 0 Å². The lowest BCUT2D eigenvalue weighted by molar-refractivity contribution is -0.131. The number of H-pyrrole nitrogens is 1. The summed E-state index contributed by atoms with van der Waals surface area (Å²) >= 11 is 0. The van der Waals surface area contributed by atoms with Gasteiger partial charge in [0.1, 0.15) is 5.75 Å². The molecule has 0 radical (unpaired) electrons. The zero-order chi connectivity index (χ0) is 24.6. The monoisotopic (exact) mass is 484 g/mol. The number of hydrogen-bond donors (Lipinski definition) is 2. The van der Waals surface area contributed by atoms with Crippen LogP contribution in [0.15, 0.2) is 65.6 Å². The molecule has 0 unspecified atom stereocenters. The molecule has 1 aromatic heterocycles. The molecule has 0 saturated carbocycles. The van der Waals surface area contributed by atoms with Crippen molar-refractivity contribution in [1.82, 2.24) is 19.8 Å². The average molecular weight is 485 g/mol. The van der Waals surface area contributed by atoms with Gasteiger partial charge in [0.2, 0.25) is 15.9 Å². The summed E-state index contributed by atoms with van der Waals surface area (Å²) in [4.78, 5) is 14.3. The summed E-state index contributed by atoms with van der Waals surface area (Å²) in [5.41, 5.74) is 3.11. The summed E-state index contributed by atoms with van der Waals surface area (Å²) < 4.78 is 32.6. The van der Waals surface area contributed by atoms with Gasteiger partial charge in [-0.2, -0.15) is 9.82 Å². The molecule has 0 bridgehead atoms. The molecule has 0 aliphatic rings. The van der Waals surface area contributed by atoms with Crippen molar-refractivity contribution in [2.45, 2.75) is 43.5 Å². The van der Waals surface area contributed by atoms with Gasteiger partial charge in [0.25, 0.3) is 0 Å². The van der Waals surface area contributed by atoms with E-state index in [4.69, 9.17) is 4.74 Å². The number of ether oxygens (including phenoxy) is 1. The summed E-state index contributed by atoms with van der Waals surface area (Å²) in [7, 11) is -0.596. The molecule has 0 aliphatic carbocycles. The third-order valence-corrected chi connectivity index (χ3v) is 7.15. The van der Waals surface area contributed by atoms with Gasteiger partial charge in [0, 0.05) is 24.8 Å². The minimum Gasteiger partial charge on any atom is -0.497 e. The third-order valence-electron chi connectivity index (χ3n) is 5.59. The maximum atomic E-state index is 12.6. The number of aromatic nitrogens is 2. The SMILES string of the molecule is COc1ccc(S(=O)(=O)N[C@@H](C)C(=O)N(C)CCCCCc2cc(-c3ccccc3)n[nH]2)cc1. The number of amides is 1. The van der Waals surface area contributed by atoms with E-state index >= 15 is 0 Å². The largest absolute Gasteiger partial charge is 0.497 e. The molecular weight excluding hydrogens is 452 g/mol. The maximum absolute atomic E-state index is 12.6. The molecule has 0 fully saturated rings. The van der Waals surface area contributed by atoms with Crippen molar-refractivity contribution in [3.8, 4) is 17.0 Å². The second-order valence-corrected chi connectivity index (χ2v) is 9.95. The van der Waals surface area contributed by atoms with Crippen LogP contribution in [0.4, 0.5) is 0 Å². The van der Waals surface area contributed by atoms with Gasteiger partial charge in [-0.15, -0.1) is 0 Å². The Morgan fingerprint density at radius 1 is 1.09 bits per heavy atom. The predicted octanol–water partition coefficient (Wildman–Crippen LogP) is 3.62. The topological polar surface area (TPSA) is 104 Å². The highest BCUT2D eigenvalue weighted by atomic mass is 32.2. The first-order valence-electron chi connectivity index (χ1n) is 11.3. The van der Waals surface area contributed by atoms with Crippen LogP contribution in [0.2, 0.25) is 0 Å². The normalized spacial score (nSPS) is 12.3. The third kappa shape index (κ3) is 6.91. The highest BCUT2D eigenvalue weighted by molar-refractivity contribution is 7.89. The van der Waals surface area contributed by atoms with Gasteiger partial charge in [-0.25, -0.2) is 8.42 Å². The van der Waals surface area contributed by atoms with Gasteiger partial charge in [-0.3, -0.25) is 9.89 Å². The number of benzene rings is 2. The van der Waals surface area contributed by atoms with Gasteiger partial charge < -0.3 is 9.64 Å². The smallest absolute Gasteiger partial charge is 0.241 e. The van der Waals surface area contributed by atoms with Crippen LogP contribution in [0, 0.1) is 0 Å². The van der Waals surface area contributed by atoms with E-state index in [2.05, 4.69) is 21.0 Å². The van der Waals surface area contributed by atoms with Gasteiger partial charge in [0.15, 0.2) is 0 Å². The van der Waals surface area contributed by atoms with E-state index in [9.17, 15) is 13.2 Å². The predicted molar refractivity (Wildman–Crippen MR) is 132 cm³/mol. The van der Waals surface area contributed by atoms with Crippen molar-refractivity contribution < 1.29 is 17.9 Å². The molecule has 0 saturated heterocycles. The zero-order valence-corrected chi connectivity index (χ0v) is 20.6. The Morgan fingerprint density at radius 3 is 2.47 bits per heavy atom. The Hall–Kier alpha value is -3.17. The molecule has 34 heavy (non-hydrogen) atoms. The van der Waals surface area contributed by atoms with Crippen LogP contribution in [-0.2, 0) is 21.2 Å². The van der Waals surface area contributed by atoms with Crippen molar-refractivity contribution in [3.63, 3.8) is 0 Å². The highest BCUT2D eigenvalue weighted by Gasteiger charge is 2.24. The molecule has 3 aromatic rings. The number of aryl methyl sites for hydroxylation is 1. The summed E-state index contributed by atoms with van der Waals surface area (Å²) in [5, 5.41) is 7.47. The molecule has 0 spiro atoms. The van der Waals surface area contributed by atoms with Crippen LogP contribution in [0.25, 0.3) is 11.3 Å². The van der Waals surface area contributed by atoms with E-state index in [-0.39, 0.29) is 10.8 Å². The molecule has 2 N–H and O–H groups in total. The maximum Gasteiger partial charge on any atom is 0.241 e. The fourth-order valence-corrected chi connectivity index (χ4v) is 4.83. The fourth-order valence-electron chi connectivity index (χ4n) is 3.63. The number of carbonyl (C=O) groups excluding carboxylic acids is 1. The van der Waals surface area contributed by atoms with Crippen molar-refractivity contribution >= 4 is 15.9 Å². The minimum atomic E-state index is -3.80. The van der Waals surface area contributed by atoms with Crippen LogP contribution in [0.5, 0.6) is 5.75 Å². The quantitative estimate of drug-likeness (QED) is 0.382. The van der Waals surface area contributed by atoms with Gasteiger partial charge >= 0.3 is 0 Å². The molecule has 182 valence electrons. The Kier molecular flexibility index (Phi) is 8.84. The highest BCUT2D eigenvalue weighted by Crippen LogP contribution is 2.18. The molecule has 8 nitrogen and oxygen atoms in total. The summed E-state index contributed by atoms with van der Waals surface area (Å²) in [6.07, 6.45) is 3.64. The van der Waals surface area contributed by atoms with E-state index in [1.807, 2.05) is 30.3 Å². The number of nitrogens with one attached hydrogen (secondary N) is 2. The standard InChI is InChI=1S/C25H32N4O4S/c1-19(28-34(31,32)23-15-13-22(33-3)14-16-23)25(30)29(2)17-9-5-8-12-21-18-24(27-26-21)20-10-6-4-7-11-20/h4,6-7,10-11,13-16,18-19,28H,5,8-9,12,17H2,1-3H3,(H,26,27)/t19-/m0/s1. The second kappa shape index (κ2) is 11.8. The number of sulfonamides is 1. The Balaban J connectivity index is 1.40. The number of hydrogen-bond acceptors (Lipinski definition) is 5. The molecule has 2 aromatic carbocycles. The lowest BCUT2D eigenvalue weighted by atomic mass is 10.1. The lowest BCUT2D eigenvalue weighted by Crippen LogP contribution is -2.45.